The van der Waals surface area contributed by atoms with Gasteiger partial charge in [-0.05, 0) is 24.6 Å². The summed E-state index contributed by atoms with van der Waals surface area (Å²) >= 11 is 0. The molecule has 1 aliphatic rings. The van der Waals surface area contributed by atoms with E-state index >= 15 is 0 Å². The number of aromatic amines is 1. The Bertz CT molecular complexity index is 1150. The predicted molar refractivity (Wildman–Crippen MR) is 101 cm³/mol. The largest absolute Gasteiger partial charge is 0.493 e. The Morgan fingerprint density at radius 3 is 2.81 bits per heavy atom. The molecule has 6 nitrogen and oxygen atoms in total. The quantitative estimate of drug-likeness (QED) is 0.724. The lowest BCUT2D eigenvalue weighted by Gasteiger charge is -2.11. The van der Waals surface area contributed by atoms with Crippen molar-refractivity contribution in [3.8, 4) is 23.5 Å². The fraction of sp³-hybridized carbons (Fsp3) is 0.238. The number of carbonyl (C=O) groups excluding carboxylic acids is 1. The number of benzene rings is 2. The van der Waals surface area contributed by atoms with Crippen LogP contribution in [0, 0.1) is 17.9 Å². The van der Waals surface area contributed by atoms with E-state index in [1.54, 1.807) is 44.4 Å². The molecular formula is C21H18N2O4. The van der Waals surface area contributed by atoms with Crippen molar-refractivity contribution >= 4 is 16.8 Å². The van der Waals surface area contributed by atoms with Crippen molar-refractivity contribution in [2.24, 2.45) is 5.92 Å². The maximum absolute atomic E-state index is 13.0. The summed E-state index contributed by atoms with van der Waals surface area (Å²) in [6.45, 7) is 1.69. The molecule has 0 spiro atoms. The Balaban J connectivity index is 1.67. The molecule has 27 heavy (non-hydrogen) atoms. The number of para-hydroxylation sites is 2. The molecule has 1 N–H and O–H groups in total. The maximum atomic E-state index is 13.0. The van der Waals surface area contributed by atoms with Gasteiger partial charge in [-0.3, -0.25) is 14.7 Å². The molecule has 0 radical (unpaired) electrons. The van der Waals surface area contributed by atoms with Gasteiger partial charge in [-0.2, -0.15) is 0 Å². The van der Waals surface area contributed by atoms with Crippen molar-refractivity contribution in [1.82, 2.24) is 9.78 Å². The SMILES string of the molecule is CC#COc1c(OC)cccc1C1CC1C(=O)n1[nH]c(=O)c2ccccc21. The third kappa shape index (κ3) is 2.87. The van der Waals surface area contributed by atoms with Crippen LogP contribution in [-0.4, -0.2) is 22.8 Å². The fourth-order valence-corrected chi connectivity index (χ4v) is 3.43. The molecule has 0 aliphatic heterocycles. The van der Waals surface area contributed by atoms with Gasteiger partial charge >= 0.3 is 0 Å². The maximum Gasteiger partial charge on any atom is 0.272 e. The van der Waals surface area contributed by atoms with Crippen LogP contribution >= 0.6 is 0 Å². The van der Waals surface area contributed by atoms with E-state index in [0.29, 0.717) is 28.8 Å². The summed E-state index contributed by atoms with van der Waals surface area (Å²) in [6, 6.07) is 12.6. The van der Waals surface area contributed by atoms with E-state index in [2.05, 4.69) is 17.1 Å². The molecule has 0 bridgehead atoms. The number of H-pyrrole nitrogens is 1. The lowest BCUT2D eigenvalue weighted by molar-refractivity contribution is 0.0872. The molecule has 1 fully saturated rings. The highest BCUT2D eigenvalue weighted by molar-refractivity contribution is 5.93. The molecule has 1 aliphatic carbocycles. The zero-order chi connectivity index (χ0) is 19.0. The molecule has 136 valence electrons. The first-order valence-corrected chi connectivity index (χ1v) is 8.65. The summed E-state index contributed by atoms with van der Waals surface area (Å²) < 4.78 is 12.3. The number of ether oxygens (including phenoxy) is 2. The Labute approximate surface area is 155 Å². The minimum atomic E-state index is -0.264. The Morgan fingerprint density at radius 2 is 2.04 bits per heavy atom. The number of methoxy groups -OCH3 is 1. The Hall–Kier alpha value is -3.46. The Kier molecular flexibility index (Phi) is 4.21. The van der Waals surface area contributed by atoms with Gasteiger partial charge in [0, 0.05) is 24.3 Å². The van der Waals surface area contributed by atoms with E-state index in [1.807, 2.05) is 12.1 Å². The summed E-state index contributed by atoms with van der Waals surface area (Å²) in [5.41, 5.74) is 1.21. The van der Waals surface area contributed by atoms with Crippen LogP contribution in [0.3, 0.4) is 0 Å². The molecular weight excluding hydrogens is 344 g/mol. The first-order chi connectivity index (χ1) is 13.2. The third-order valence-electron chi connectivity index (χ3n) is 4.81. The molecule has 0 amide bonds. The van der Waals surface area contributed by atoms with Gasteiger partial charge in [-0.15, -0.1) is 0 Å². The molecule has 2 aromatic carbocycles. The molecule has 2 unspecified atom stereocenters. The van der Waals surface area contributed by atoms with Gasteiger partial charge in [0.05, 0.1) is 18.0 Å². The topological polar surface area (TPSA) is 73.3 Å². The van der Waals surface area contributed by atoms with E-state index in [9.17, 15) is 9.59 Å². The van der Waals surface area contributed by atoms with Gasteiger partial charge in [0.15, 0.2) is 11.5 Å². The van der Waals surface area contributed by atoms with Crippen molar-refractivity contribution in [3.05, 3.63) is 58.4 Å². The van der Waals surface area contributed by atoms with Crippen molar-refractivity contribution in [2.75, 3.05) is 7.11 Å². The summed E-state index contributed by atoms with van der Waals surface area (Å²) in [5.74, 6) is 3.44. The van der Waals surface area contributed by atoms with E-state index in [0.717, 1.165) is 5.56 Å². The number of rotatable bonds is 4. The highest BCUT2D eigenvalue weighted by atomic mass is 16.5. The average molecular weight is 362 g/mol. The van der Waals surface area contributed by atoms with Crippen LogP contribution in [0.4, 0.5) is 0 Å². The van der Waals surface area contributed by atoms with Gasteiger partial charge in [0.1, 0.15) is 6.11 Å². The number of hydrogen-bond donors (Lipinski definition) is 1. The summed E-state index contributed by atoms with van der Waals surface area (Å²) in [6.07, 6.45) is 3.27. The molecule has 4 rings (SSSR count). The molecule has 1 saturated carbocycles. The lowest BCUT2D eigenvalue weighted by Crippen LogP contribution is -2.17. The van der Waals surface area contributed by atoms with Crippen LogP contribution in [0.25, 0.3) is 10.9 Å². The van der Waals surface area contributed by atoms with Crippen molar-refractivity contribution in [3.63, 3.8) is 0 Å². The highest BCUT2D eigenvalue weighted by Crippen LogP contribution is 2.53. The molecule has 2 atom stereocenters. The molecule has 6 heteroatoms. The van der Waals surface area contributed by atoms with E-state index < -0.39 is 0 Å². The standard InChI is InChI=1S/C21H18N2O4/c1-3-11-27-19-13(8-6-10-18(19)26-2)15-12-16(15)21(25)23-17-9-5-4-7-14(17)20(24)22-23/h4-10,15-16H,12H2,1-2H3,(H,22,24). The van der Waals surface area contributed by atoms with Crippen LogP contribution in [-0.2, 0) is 0 Å². The molecule has 0 saturated heterocycles. The molecule has 3 aromatic rings. The summed E-state index contributed by atoms with van der Waals surface area (Å²) in [4.78, 5) is 25.1. The van der Waals surface area contributed by atoms with E-state index in [4.69, 9.17) is 9.47 Å². The van der Waals surface area contributed by atoms with Gasteiger partial charge in [0.2, 0.25) is 5.91 Å². The zero-order valence-electron chi connectivity index (χ0n) is 15.0. The summed E-state index contributed by atoms with van der Waals surface area (Å²) in [7, 11) is 1.57. The number of aromatic nitrogens is 2. The second-order valence-corrected chi connectivity index (χ2v) is 6.41. The fourth-order valence-electron chi connectivity index (χ4n) is 3.43. The van der Waals surface area contributed by atoms with Crippen molar-refractivity contribution in [1.29, 1.82) is 0 Å². The number of nitrogens with zero attached hydrogens (tertiary/aromatic N) is 1. The highest BCUT2D eigenvalue weighted by Gasteiger charge is 2.47. The van der Waals surface area contributed by atoms with Crippen LogP contribution in [0.1, 0.15) is 29.6 Å². The van der Waals surface area contributed by atoms with Gasteiger partial charge in [-0.1, -0.05) is 30.2 Å². The number of fused-ring (bicyclic) bond motifs is 1. The van der Waals surface area contributed by atoms with Crippen LogP contribution in [0.2, 0.25) is 0 Å². The monoisotopic (exact) mass is 362 g/mol. The van der Waals surface area contributed by atoms with E-state index in [-0.39, 0.29) is 23.3 Å². The minimum Gasteiger partial charge on any atom is -0.493 e. The number of hydrogen-bond acceptors (Lipinski definition) is 4. The first-order valence-electron chi connectivity index (χ1n) is 8.65. The van der Waals surface area contributed by atoms with Crippen LogP contribution in [0.5, 0.6) is 11.5 Å². The molecule has 1 heterocycles. The Morgan fingerprint density at radius 1 is 1.22 bits per heavy atom. The van der Waals surface area contributed by atoms with Crippen molar-refractivity contribution < 1.29 is 14.3 Å². The summed E-state index contributed by atoms with van der Waals surface area (Å²) in [5, 5.41) is 3.16. The van der Waals surface area contributed by atoms with E-state index in [1.165, 1.54) is 4.68 Å². The number of carbonyl (C=O) groups is 1. The second-order valence-electron chi connectivity index (χ2n) is 6.41. The van der Waals surface area contributed by atoms with Crippen LogP contribution in [0.15, 0.2) is 47.3 Å². The smallest absolute Gasteiger partial charge is 0.272 e. The third-order valence-corrected chi connectivity index (χ3v) is 4.81. The number of nitrogens with one attached hydrogen (secondary N) is 1. The minimum absolute atomic E-state index is 0.00841. The average Bonchev–Trinajstić information content (AvgIpc) is 3.43. The normalized spacial score (nSPS) is 17.9. The molecule has 1 aromatic heterocycles. The first kappa shape index (κ1) is 17.0. The van der Waals surface area contributed by atoms with Crippen molar-refractivity contribution in [2.45, 2.75) is 19.3 Å². The zero-order valence-corrected chi connectivity index (χ0v) is 15.0. The van der Waals surface area contributed by atoms with Crippen LogP contribution < -0.4 is 15.0 Å². The predicted octanol–water partition coefficient (Wildman–Crippen LogP) is 3.14. The van der Waals surface area contributed by atoms with Gasteiger partial charge in [0.25, 0.3) is 5.56 Å². The van der Waals surface area contributed by atoms with Gasteiger partial charge in [-0.25, -0.2) is 4.68 Å². The lowest BCUT2D eigenvalue weighted by atomic mass is 10.1. The van der Waals surface area contributed by atoms with Gasteiger partial charge < -0.3 is 9.47 Å². The second kappa shape index (κ2) is 6.69.